The lowest BCUT2D eigenvalue weighted by atomic mass is 10.1. The number of nitrogens with one attached hydrogen (secondary N) is 2. The lowest BCUT2D eigenvalue weighted by Gasteiger charge is -2.03. The monoisotopic (exact) mass is 480 g/mol. The molecule has 2 N–H and O–H groups in total. The van der Waals surface area contributed by atoms with Crippen molar-refractivity contribution >= 4 is 45.9 Å². The molecular weight excluding hydrogens is 463 g/mol. The quantitative estimate of drug-likeness (QED) is 0.398. The van der Waals surface area contributed by atoms with E-state index in [-0.39, 0.29) is 11.7 Å². The highest BCUT2D eigenvalue weighted by Gasteiger charge is 2.09. The predicted octanol–water partition coefficient (Wildman–Crippen LogP) is 3.74. The van der Waals surface area contributed by atoms with E-state index in [1.54, 1.807) is 7.11 Å². The molecule has 0 bridgehead atoms. The summed E-state index contributed by atoms with van der Waals surface area (Å²) in [6, 6.07) is 15.5. The van der Waals surface area contributed by atoms with Crippen LogP contribution in [0, 0.1) is 3.57 Å². The zero-order chi connectivity index (χ0) is 18.4. The number of rotatable bonds is 7. The molecule has 0 aliphatic carbocycles. The number of ether oxygens (including phenoxy) is 1. The van der Waals surface area contributed by atoms with Gasteiger partial charge in [-0.2, -0.15) is 0 Å². The molecule has 0 saturated heterocycles. The predicted molar refractivity (Wildman–Crippen MR) is 111 cm³/mol. The number of H-pyrrole nitrogens is 1. The fraction of sp³-hybridized carbons (Fsp3) is 0.167. The van der Waals surface area contributed by atoms with Gasteiger partial charge in [0.1, 0.15) is 11.6 Å². The Kier molecular flexibility index (Phi) is 6.51. The topological polar surface area (TPSA) is 79.9 Å². The highest BCUT2D eigenvalue weighted by Crippen LogP contribution is 2.17. The van der Waals surface area contributed by atoms with Gasteiger partial charge in [0, 0.05) is 15.7 Å². The van der Waals surface area contributed by atoms with Crippen LogP contribution < -0.4 is 10.1 Å². The van der Waals surface area contributed by atoms with Crippen LogP contribution in [-0.4, -0.2) is 34.0 Å². The second kappa shape index (κ2) is 9.04. The molecule has 0 unspecified atom stereocenters. The van der Waals surface area contributed by atoms with Crippen molar-refractivity contribution in [1.29, 1.82) is 0 Å². The molecule has 0 radical (unpaired) electrons. The zero-order valence-electron chi connectivity index (χ0n) is 14.0. The molecule has 1 amide bonds. The number of hydrogen-bond donors (Lipinski definition) is 2. The minimum atomic E-state index is -0.0855. The number of methoxy groups -OCH3 is 1. The number of carbonyl (C=O) groups excluding carboxylic acids is 1. The Labute approximate surface area is 169 Å². The highest BCUT2D eigenvalue weighted by molar-refractivity contribution is 14.1. The van der Waals surface area contributed by atoms with Crippen LogP contribution in [0.5, 0.6) is 5.75 Å². The number of halogens is 1. The molecule has 2 aromatic carbocycles. The van der Waals surface area contributed by atoms with Crippen LogP contribution >= 0.6 is 34.4 Å². The van der Waals surface area contributed by atoms with E-state index in [1.807, 2.05) is 48.5 Å². The third-order valence-electron chi connectivity index (χ3n) is 3.50. The summed E-state index contributed by atoms with van der Waals surface area (Å²) >= 11 is 3.53. The highest BCUT2D eigenvalue weighted by atomic mass is 127. The number of thioether (sulfide) groups is 1. The maximum Gasteiger partial charge on any atom is 0.234 e. The number of benzene rings is 2. The van der Waals surface area contributed by atoms with Gasteiger partial charge in [-0.15, -0.1) is 5.10 Å². The van der Waals surface area contributed by atoms with E-state index in [4.69, 9.17) is 4.74 Å². The molecule has 26 heavy (non-hydrogen) atoms. The molecule has 0 aliphatic rings. The first-order valence-corrected chi connectivity index (χ1v) is 9.91. The van der Waals surface area contributed by atoms with Gasteiger partial charge in [-0.25, -0.2) is 4.98 Å². The number of carbonyl (C=O) groups is 1. The van der Waals surface area contributed by atoms with Crippen LogP contribution in [0.25, 0.3) is 0 Å². The van der Waals surface area contributed by atoms with Gasteiger partial charge in [0.2, 0.25) is 11.1 Å². The second-order valence-electron chi connectivity index (χ2n) is 5.43. The van der Waals surface area contributed by atoms with E-state index >= 15 is 0 Å². The molecule has 0 saturated carbocycles. The van der Waals surface area contributed by atoms with Gasteiger partial charge in [0.25, 0.3) is 0 Å². The summed E-state index contributed by atoms with van der Waals surface area (Å²) in [6.45, 7) is 0. The van der Waals surface area contributed by atoms with Crippen molar-refractivity contribution in [2.24, 2.45) is 0 Å². The number of amides is 1. The first-order chi connectivity index (χ1) is 12.6. The summed E-state index contributed by atoms with van der Waals surface area (Å²) < 4.78 is 6.27. The number of nitrogens with zero attached hydrogens (tertiary/aromatic N) is 2. The van der Waals surface area contributed by atoms with E-state index in [1.165, 1.54) is 11.8 Å². The molecule has 0 spiro atoms. The molecule has 0 aliphatic heterocycles. The zero-order valence-corrected chi connectivity index (χ0v) is 17.0. The van der Waals surface area contributed by atoms with Gasteiger partial charge in [0.15, 0.2) is 0 Å². The first kappa shape index (κ1) is 18.7. The Morgan fingerprint density at radius 3 is 2.62 bits per heavy atom. The van der Waals surface area contributed by atoms with Gasteiger partial charge >= 0.3 is 0 Å². The van der Waals surface area contributed by atoms with E-state index in [2.05, 4.69) is 43.1 Å². The standard InChI is InChI=1S/C18H17IN4O2S/c1-25-15-8-2-12(3-9-15)10-16-21-18(23-22-16)26-11-17(24)20-14-6-4-13(19)5-7-14/h2-9H,10-11H2,1H3,(H,20,24)(H,21,22,23). The van der Waals surface area contributed by atoms with E-state index < -0.39 is 0 Å². The number of aromatic amines is 1. The van der Waals surface area contributed by atoms with Crippen LogP contribution in [0.2, 0.25) is 0 Å². The molecule has 1 aromatic heterocycles. The third kappa shape index (κ3) is 5.46. The summed E-state index contributed by atoms with van der Waals surface area (Å²) in [5, 5.41) is 10.5. The fourth-order valence-corrected chi connectivity index (χ4v) is 3.20. The average Bonchev–Trinajstić information content (AvgIpc) is 3.10. The SMILES string of the molecule is COc1ccc(Cc2nc(SCC(=O)Nc3ccc(I)cc3)n[nH]2)cc1. The van der Waals surface area contributed by atoms with Gasteiger partial charge in [0.05, 0.1) is 12.9 Å². The van der Waals surface area contributed by atoms with Crippen LogP contribution in [0.1, 0.15) is 11.4 Å². The third-order valence-corrected chi connectivity index (χ3v) is 5.07. The molecular formula is C18H17IN4O2S. The van der Waals surface area contributed by atoms with Crippen molar-refractivity contribution in [3.8, 4) is 5.75 Å². The lowest BCUT2D eigenvalue weighted by molar-refractivity contribution is -0.113. The molecule has 0 atom stereocenters. The van der Waals surface area contributed by atoms with Crippen LogP contribution in [0.4, 0.5) is 5.69 Å². The summed E-state index contributed by atoms with van der Waals surface area (Å²) in [7, 11) is 1.64. The Balaban J connectivity index is 1.49. The Morgan fingerprint density at radius 2 is 1.92 bits per heavy atom. The van der Waals surface area contributed by atoms with Crippen molar-refractivity contribution in [2.45, 2.75) is 11.6 Å². The van der Waals surface area contributed by atoms with Crippen molar-refractivity contribution < 1.29 is 9.53 Å². The molecule has 8 heteroatoms. The number of hydrogen-bond acceptors (Lipinski definition) is 5. The Morgan fingerprint density at radius 1 is 1.19 bits per heavy atom. The van der Waals surface area contributed by atoms with Gasteiger partial charge in [-0.3, -0.25) is 9.89 Å². The molecule has 134 valence electrons. The van der Waals surface area contributed by atoms with E-state index in [0.717, 1.165) is 26.4 Å². The fourth-order valence-electron chi connectivity index (χ4n) is 2.22. The summed E-state index contributed by atoms with van der Waals surface area (Å²) in [4.78, 5) is 16.4. The van der Waals surface area contributed by atoms with Gasteiger partial charge in [-0.05, 0) is 64.6 Å². The first-order valence-electron chi connectivity index (χ1n) is 7.85. The minimum absolute atomic E-state index is 0.0855. The van der Waals surface area contributed by atoms with Crippen molar-refractivity contribution in [3.05, 3.63) is 63.5 Å². The van der Waals surface area contributed by atoms with E-state index in [9.17, 15) is 4.79 Å². The van der Waals surface area contributed by atoms with Gasteiger partial charge < -0.3 is 10.1 Å². The maximum absolute atomic E-state index is 12.0. The van der Waals surface area contributed by atoms with Crippen molar-refractivity contribution in [3.63, 3.8) is 0 Å². The van der Waals surface area contributed by atoms with E-state index in [0.29, 0.717) is 11.6 Å². The summed E-state index contributed by atoms with van der Waals surface area (Å²) in [5.41, 5.74) is 1.89. The maximum atomic E-state index is 12.0. The number of aromatic nitrogens is 3. The normalized spacial score (nSPS) is 10.5. The molecule has 1 heterocycles. The Bertz CT molecular complexity index is 866. The summed E-state index contributed by atoms with van der Waals surface area (Å²) in [6.07, 6.45) is 0.645. The molecule has 3 rings (SSSR count). The average molecular weight is 480 g/mol. The number of anilines is 1. The largest absolute Gasteiger partial charge is 0.497 e. The van der Waals surface area contributed by atoms with Gasteiger partial charge in [-0.1, -0.05) is 23.9 Å². The van der Waals surface area contributed by atoms with Crippen molar-refractivity contribution in [1.82, 2.24) is 15.2 Å². The molecule has 3 aromatic rings. The van der Waals surface area contributed by atoms with Crippen LogP contribution in [-0.2, 0) is 11.2 Å². The van der Waals surface area contributed by atoms with Crippen molar-refractivity contribution in [2.75, 3.05) is 18.2 Å². The minimum Gasteiger partial charge on any atom is -0.497 e. The second-order valence-corrected chi connectivity index (χ2v) is 7.62. The lowest BCUT2D eigenvalue weighted by Crippen LogP contribution is -2.14. The van der Waals surface area contributed by atoms with Crippen LogP contribution in [0.3, 0.4) is 0 Å². The molecule has 0 fully saturated rings. The van der Waals surface area contributed by atoms with Crippen LogP contribution in [0.15, 0.2) is 53.7 Å². The molecule has 6 nitrogen and oxygen atoms in total. The summed E-state index contributed by atoms with van der Waals surface area (Å²) in [5.74, 6) is 1.75. The Hall–Kier alpha value is -2.07. The smallest absolute Gasteiger partial charge is 0.234 e.